The Morgan fingerprint density at radius 3 is 2.56 bits per heavy atom. The Hall–Kier alpha value is -2.69. The van der Waals surface area contributed by atoms with Crippen LogP contribution < -0.4 is 5.32 Å². The van der Waals surface area contributed by atoms with E-state index < -0.39 is 0 Å². The van der Waals surface area contributed by atoms with Gasteiger partial charge in [0.05, 0.1) is 6.42 Å². The highest BCUT2D eigenvalue weighted by atomic mass is 19.1. The van der Waals surface area contributed by atoms with Gasteiger partial charge in [-0.3, -0.25) is 9.59 Å². The first-order valence-corrected chi connectivity index (χ1v) is 9.32. The van der Waals surface area contributed by atoms with E-state index in [4.69, 9.17) is 0 Å². The second kappa shape index (κ2) is 8.33. The van der Waals surface area contributed by atoms with E-state index in [0.717, 1.165) is 16.8 Å². The number of rotatable bonds is 4. The maximum absolute atomic E-state index is 13.3. The summed E-state index contributed by atoms with van der Waals surface area (Å²) in [6.07, 6.45) is 1.48. The Balaban J connectivity index is 1.52. The predicted molar refractivity (Wildman–Crippen MR) is 104 cm³/mol. The fourth-order valence-corrected chi connectivity index (χ4v) is 3.43. The number of halogens is 1. The standard InChI is InChI=1S/C22H25FN2O2/c1-15-6-7-16(2)20(12-15)24-22(27)18-8-10-25(11-9-18)21(26)14-17-4-3-5-19(23)13-17/h3-7,12-13,18H,8-11,14H2,1-2H3,(H,24,27). The van der Waals surface area contributed by atoms with Gasteiger partial charge in [-0.1, -0.05) is 24.3 Å². The number of nitrogens with zero attached hydrogens (tertiary/aromatic N) is 1. The zero-order valence-corrected chi connectivity index (χ0v) is 15.8. The average Bonchev–Trinajstić information content (AvgIpc) is 2.65. The molecule has 0 bridgehead atoms. The van der Waals surface area contributed by atoms with Crippen LogP contribution in [0.2, 0.25) is 0 Å². The van der Waals surface area contributed by atoms with Crippen LogP contribution in [-0.4, -0.2) is 29.8 Å². The van der Waals surface area contributed by atoms with E-state index in [2.05, 4.69) is 5.32 Å². The van der Waals surface area contributed by atoms with Gasteiger partial charge in [-0.2, -0.15) is 0 Å². The molecule has 0 radical (unpaired) electrons. The fourth-order valence-electron chi connectivity index (χ4n) is 3.43. The number of hydrogen-bond donors (Lipinski definition) is 1. The molecule has 0 atom stereocenters. The minimum absolute atomic E-state index is 0.0147. The average molecular weight is 368 g/mol. The molecule has 142 valence electrons. The van der Waals surface area contributed by atoms with Crippen LogP contribution in [0.1, 0.15) is 29.5 Å². The van der Waals surface area contributed by atoms with Crippen LogP contribution >= 0.6 is 0 Å². The number of amides is 2. The van der Waals surface area contributed by atoms with Crippen molar-refractivity contribution in [3.05, 3.63) is 65.0 Å². The molecule has 0 saturated carbocycles. The van der Waals surface area contributed by atoms with Crippen molar-refractivity contribution < 1.29 is 14.0 Å². The zero-order chi connectivity index (χ0) is 19.4. The first-order chi connectivity index (χ1) is 12.9. The molecule has 1 aliphatic heterocycles. The highest BCUT2D eigenvalue weighted by Gasteiger charge is 2.27. The number of benzene rings is 2. The van der Waals surface area contributed by atoms with Gasteiger partial charge in [-0.25, -0.2) is 4.39 Å². The highest BCUT2D eigenvalue weighted by molar-refractivity contribution is 5.93. The number of anilines is 1. The summed E-state index contributed by atoms with van der Waals surface area (Å²) in [6, 6.07) is 12.1. The zero-order valence-electron chi connectivity index (χ0n) is 15.8. The lowest BCUT2D eigenvalue weighted by atomic mass is 9.95. The molecule has 4 nitrogen and oxygen atoms in total. The molecular formula is C22H25FN2O2. The number of likely N-dealkylation sites (tertiary alicyclic amines) is 1. The van der Waals surface area contributed by atoms with Crippen LogP contribution in [0.15, 0.2) is 42.5 Å². The van der Waals surface area contributed by atoms with Crippen LogP contribution in [0.25, 0.3) is 0 Å². The van der Waals surface area contributed by atoms with Gasteiger partial charge in [-0.15, -0.1) is 0 Å². The van der Waals surface area contributed by atoms with Gasteiger partial charge in [-0.05, 0) is 61.6 Å². The summed E-state index contributed by atoms with van der Waals surface area (Å²) in [6.45, 7) is 5.08. The van der Waals surface area contributed by atoms with E-state index in [1.807, 2.05) is 32.0 Å². The molecule has 0 spiro atoms. The molecule has 27 heavy (non-hydrogen) atoms. The van der Waals surface area contributed by atoms with E-state index >= 15 is 0 Å². The molecule has 1 heterocycles. The summed E-state index contributed by atoms with van der Waals surface area (Å²) in [4.78, 5) is 26.8. The Kier molecular flexibility index (Phi) is 5.89. The van der Waals surface area contributed by atoms with Crippen LogP contribution in [0.3, 0.4) is 0 Å². The topological polar surface area (TPSA) is 49.4 Å². The number of hydrogen-bond acceptors (Lipinski definition) is 2. The third kappa shape index (κ3) is 4.94. The van der Waals surface area contributed by atoms with Gasteiger partial charge < -0.3 is 10.2 Å². The van der Waals surface area contributed by atoms with Crippen molar-refractivity contribution in [2.24, 2.45) is 5.92 Å². The quantitative estimate of drug-likeness (QED) is 0.891. The van der Waals surface area contributed by atoms with E-state index in [0.29, 0.717) is 31.5 Å². The smallest absolute Gasteiger partial charge is 0.227 e. The van der Waals surface area contributed by atoms with Crippen molar-refractivity contribution in [2.75, 3.05) is 18.4 Å². The summed E-state index contributed by atoms with van der Waals surface area (Å²) < 4.78 is 13.3. The van der Waals surface area contributed by atoms with Crippen molar-refractivity contribution in [2.45, 2.75) is 33.1 Å². The number of piperidine rings is 1. The maximum atomic E-state index is 13.3. The molecule has 1 aliphatic rings. The van der Waals surface area contributed by atoms with Crippen LogP contribution in [0.5, 0.6) is 0 Å². The van der Waals surface area contributed by atoms with Crippen molar-refractivity contribution in [3.63, 3.8) is 0 Å². The Labute approximate surface area is 159 Å². The van der Waals surface area contributed by atoms with E-state index in [1.165, 1.54) is 12.1 Å². The lowest BCUT2D eigenvalue weighted by Crippen LogP contribution is -2.42. The second-order valence-electron chi connectivity index (χ2n) is 7.27. The Bertz CT molecular complexity index is 842. The third-order valence-corrected chi connectivity index (χ3v) is 5.11. The molecule has 1 N–H and O–H groups in total. The Morgan fingerprint density at radius 2 is 1.85 bits per heavy atom. The number of carbonyl (C=O) groups is 2. The minimum Gasteiger partial charge on any atom is -0.342 e. The molecule has 0 aliphatic carbocycles. The number of aryl methyl sites for hydroxylation is 2. The summed E-state index contributed by atoms with van der Waals surface area (Å²) in [5.74, 6) is -0.430. The molecule has 2 amide bonds. The highest BCUT2D eigenvalue weighted by Crippen LogP contribution is 2.22. The number of nitrogens with one attached hydrogen (secondary N) is 1. The molecule has 2 aromatic carbocycles. The first kappa shape index (κ1) is 19.1. The summed E-state index contributed by atoms with van der Waals surface area (Å²) in [7, 11) is 0. The largest absolute Gasteiger partial charge is 0.342 e. The summed E-state index contributed by atoms with van der Waals surface area (Å²) in [5.41, 5.74) is 3.67. The summed E-state index contributed by atoms with van der Waals surface area (Å²) in [5, 5.41) is 3.03. The minimum atomic E-state index is -0.331. The SMILES string of the molecule is Cc1ccc(C)c(NC(=O)C2CCN(C(=O)Cc3cccc(F)c3)CC2)c1. The second-order valence-corrected chi connectivity index (χ2v) is 7.27. The molecule has 0 unspecified atom stereocenters. The number of carbonyl (C=O) groups excluding carboxylic acids is 2. The van der Waals surface area contributed by atoms with Crippen molar-refractivity contribution in [1.29, 1.82) is 0 Å². The van der Waals surface area contributed by atoms with Gasteiger partial charge in [0.25, 0.3) is 0 Å². The molecule has 1 fully saturated rings. The van der Waals surface area contributed by atoms with E-state index in [-0.39, 0.29) is 30.0 Å². The van der Waals surface area contributed by atoms with Crippen LogP contribution in [0.4, 0.5) is 10.1 Å². The lowest BCUT2D eigenvalue weighted by molar-refractivity contribution is -0.133. The monoisotopic (exact) mass is 368 g/mol. The molecule has 5 heteroatoms. The third-order valence-electron chi connectivity index (χ3n) is 5.11. The molecular weight excluding hydrogens is 343 g/mol. The first-order valence-electron chi connectivity index (χ1n) is 9.32. The molecule has 0 aromatic heterocycles. The molecule has 1 saturated heterocycles. The van der Waals surface area contributed by atoms with Gasteiger partial charge in [0.1, 0.15) is 5.82 Å². The Morgan fingerprint density at radius 1 is 1.11 bits per heavy atom. The van der Waals surface area contributed by atoms with Gasteiger partial charge in [0.2, 0.25) is 11.8 Å². The normalized spacial score (nSPS) is 14.9. The van der Waals surface area contributed by atoms with Gasteiger partial charge in [0, 0.05) is 24.7 Å². The van der Waals surface area contributed by atoms with Crippen LogP contribution in [0, 0.1) is 25.6 Å². The maximum Gasteiger partial charge on any atom is 0.227 e. The fraction of sp³-hybridized carbons (Fsp3) is 0.364. The van der Waals surface area contributed by atoms with Crippen LogP contribution in [-0.2, 0) is 16.0 Å². The predicted octanol–water partition coefficient (Wildman–Crippen LogP) is 3.86. The van der Waals surface area contributed by atoms with E-state index in [1.54, 1.807) is 17.0 Å². The van der Waals surface area contributed by atoms with E-state index in [9.17, 15) is 14.0 Å². The van der Waals surface area contributed by atoms with Crippen molar-refractivity contribution in [3.8, 4) is 0 Å². The summed E-state index contributed by atoms with van der Waals surface area (Å²) >= 11 is 0. The molecule has 3 rings (SSSR count). The van der Waals surface area contributed by atoms with Crippen molar-refractivity contribution >= 4 is 17.5 Å². The van der Waals surface area contributed by atoms with Gasteiger partial charge >= 0.3 is 0 Å². The van der Waals surface area contributed by atoms with Crippen molar-refractivity contribution in [1.82, 2.24) is 4.90 Å². The van der Waals surface area contributed by atoms with Gasteiger partial charge in [0.15, 0.2) is 0 Å². The lowest BCUT2D eigenvalue weighted by Gasteiger charge is -2.31. The molecule has 2 aromatic rings.